The molecule has 1 amide bonds. The molecule has 0 bridgehead atoms. The minimum atomic E-state index is -0.153. The highest BCUT2D eigenvalue weighted by Gasteiger charge is 2.38. The monoisotopic (exact) mass is 521 g/mol. The topological polar surface area (TPSA) is 63.1 Å². The second kappa shape index (κ2) is 9.71. The summed E-state index contributed by atoms with van der Waals surface area (Å²) in [7, 11) is 3.51. The van der Waals surface area contributed by atoms with Gasteiger partial charge in [-0.2, -0.15) is 0 Å². The summed E-state index contributed by atoms with van der Waals surface area (Å²) in [6.07, 6.45) is 3.22. The molecule has 0 spiro atoms. The predicted octanol–water partition coefficient (Wildman–Crippen LogP) is 6.58. The number of imidazole rings is 1. The first-order valence-corrected chi connectivity index (χ1v) is 13.1. The van der Waals surface area contributed by atoms with Crippen molar-refractivity contribution in [3.05, 3.63) is 102 Å². The van der Waals surface area contributed by atoms with Gasteiger partial charge in [0.05, 0.1) is 11.2 Å². The van der Waals surface area contributed by atoms with Crippen molar-refractivity contribution in [2.75, 3.05) is 14.1 Å². The zero-order valence-electron chi connectivity index (χ0n) is 21.4. The number of nitrogens with zero attached hydrogens (tertiary/aromatic N) is 4. The summed E-state index contributed by atoms with van der Waals surface area (Å²) in [6, 6.07) is 30.2. The first kappa shape index (κ1) is 24.3. The van der Waals surface area contributed by atoms with Gasteiger partial charge in [-0.15, -0.1) is 0 Å². The van der Waals surface area contributed by atoms with E-state index in [2.05, 4.69) is 45.8 Å². The number of nitrogens with one attached hydrogen (secondary N) is 1. The highest BCUT2D eigenvalue weighted by atomic mass is 35.5. The first-order valence-electron chi connectivity index (χ1n) is 12.7. The predicted molar refractivity (Wildman–Crippen MR) is 152 cm³/mol. The lowest BCUT2D eigenvalue weighted by Crippen LogP contribution is -2.43. The molecular weight excluding hydrogens is 494 g/mol. The van der Waals surface area contributed by atoms with Gasteiger partial charge in [0.1, 0.15) is 11.3 Å². The molecule has 3 aromatic carbocycles. The number of hydrogen-bond acceptors (Lipinski definition) is 4. The zero-order valence-corrected chi connectivity index (χ0v) is 22.1. The van der Waals surface area contributed by atoms with Crippen molar-refractivity contribution in [1.82, 2.24) is 24.3 Å². The van der Waals surface area contributed by atoms with Gasteiger partial charge in [0.15, 0.2) is 5.65 Å². The van der Waals surface area contributed by atoms with Crippen LogP contribution in [0, 0.1) is 0 Å². The van der Waals surface area contributed by atoms with Crippen LogP contribution in [-0.2, 0) is 5.54 Å². The van der Waals surface area contributed by atoms with E-state index >= 15 is 0 Å². The zero-order chi connectivity index (χ0) is 26.3. The van der Waals surface area contributed by atoms with E-state index < -0.39 is 0 Å². The van der Waals surface area contributed by atoms with Crippen LogP contribution in [-0.4, -0.2) is 39.4 Å². The van der Waals surface area contributed by atoms with E-state index in [0.717, 1.165) is 52.3 Å². The molecule has 1 saturated carbocycles. The molecule has 0 atom stereocenters. The Morgan fingerprint density at radius 3 is 2.29 bits per heavy atom. The fourth-order valence-electron chi connectivity index (χ4n) is 5.11. The average molecular weight is 522 g/mol. The number of pyridine rings is 1. The Hall–Kier alpha value is -4.00. The van der Waals surface area contributed by atoms with E-state index in [1.807, 2.05) is 54.6 Å². The quantitative estimate of drug-likeness (QED) is 0.256. The summed E-state index contributed by atoms with van der Waals surface area (Å²) in [5.74, 6) is 0.781. The van der Waals surface area contributed by atoms with Crippen molar-refractivity contribution in [2.45, 2.75) is 24.8 Å². The second-order valence-corrected chi connectivity index (χ2v) is 10.2. The molecule has 6 rings (SSSR count). The molecule has 1 fully saturated rings. The van der Waals surface area contributed by atoms with Crippen LogP contribution in [0.25, 0.3) is 39.5 Å². The van der Waals surface area contributed by atoms with E-state index in [-0.39, 0.29) is 11.4 Å². The van der Waals surface area contributed by atoms with Crippen molar-refractivity contribution < 1.29 is 4.79 Å². The number of hydrogen-bond donors (Lipinski definition) is 1. The Kier molecular flexibility index (Phi) is 6.22. The number of amides is 1. The molecule has 7 heteroatoms. The molecule has 0 unspecified atom stereocenters. The van der Waals surface area contributed by atoms with Gasteiger partial charge in [-0.05, 0) is 73.0 Å². The van der Waals surface area contributed by atoms with Gasteiger partial charge in [-0.25, -0.2) is 14.8 Å². The van der Waals surface area contributed by atoms with Crippen LogP contribution in [0.5, 0.6) is 0 Å². The van der Waals surface area contributed by atoms with Crippen LogP contribution in [0.2, 0.25) is 0 Å². The van der Waals surface area contributed by atoms with Crippen molar-refractivity contribution in [3.8, 4) is 28.3 Å². The maximum absolute atomic E-state index is 12.6. The normalized spacial score (nSPS) is 14.3. The lowest BCUT2D eigenvalue weighted by molar-refractivity contribution is 0.0827. The molecule has 0 radical (unpaired) electrons. The van der Waals surface area contributed by atoms with E-state index in [4.69, 9.17) is 21.7 Å². The molecule has 1 aliphatic rings. The minimum Gasteiger partial charge on any atom is -0.345 e. The van der Waals surface area contributed by atoms with Gasteiger partial charge in [-0.1, -0.05) is 54.6 Å². The second-order valence-electron chi connectivity index (χ2n) is 10.0. The Bertz CT molecular complexity index is 1620. The summed E-state index contributed by atoms with van der Waals surface area (Å²) in [6.45, 7) is 0. The van der Waals surface area contributed by atoms with E-state index in [1.54, 1.807) is 19.0 Å². The van der Waals surface area contributed by atoms with Crippen molar-refractivity contribution >= 4 is 28.8 Å². The number of carbonyl (C=O) groups excluding carboxylic acids is 1. The van der Waals surface area contributed by atoms with Crippen LogP contribution in [0.4, 0.5) is 0 Å². The van der Waals surface area contributed by atoms with Crippen LogP contribution < -0.4 is 4.84 Å². The van der Waals surface area contributed by atoms with Gasteiger partial charge >= 0.3 is 0 Å². The Labute approximate surface area is 227 Å². The molecule has 1 aliphatic carbocycles. The van der Waals surface area contributed by atoms with Crippen molar-refractivity contribution in [2.24, 2.45) is 0 Å². The molecule has 1 N–H and O–H groups in total. The maximum atomic E-state index is 12.6. The smallest absolute Gasteiger partial charge is 0.253 e. The molecule has 38 heavy (non-hydrogen) atoms. The number of benzene rings is 3. The molecule has 0 aliphatic heterocycles. The summed E-state index contributed by atoms with van der Waals surface area (Å²) in [5.41, 5.74) is 6.85. The maximum Gasteiger partial charge on any atom is 0.253 e. The number of fused-ring (bicyclic) bond motifs is 1. The fourth-order valence-corrected chi connectivity index (χ4v) is 5.41. The summed E-state index contributed by atoms with van der Waals surface area (Å²) < 4.78 is 2.11. The molecule has 190 valence electrons. The Morgan fingerprint density at radius 2 is 1.63 bits per heavy atom. The van der Waals surface area contributed by atoms with Gasteiger partial charge in [-0.3, -0.25) is 9.36 Å². The van der Waals surface area contributed by atoms with Crippen molar-refractivity contribution in [1.29, 1.82) is 0 Å². The van der Waals surface area contributed by atoms with Crippen molar-refractivity contribution in [3.63, 3.8) is 0 Å². The van der Waals surface area contributed by atoms with E-state index in [9.17, 15) is 4.79 Å². The van der Waals surface area contributed by atoms with Crippen LogP contribution in [0.1, 0.15) is 35.2 Å². The van der Waals surface area contributed by atoms with E-state index in [0.29, 0.717) is 5.56 Å². The third kappa shape index (κ3) is 4.16. The summed E-state index contributed by atoms with van der Waals surface area (Å²) in [4.78, 5) is 27.2. The van der Waals surface area contributed by atoms with E-state index in [1.165, 1.54) is 12.0 Å². The lowest BCUT2D eigenvalue weighted by Gasteiger charge is -2.41. The largest absolute Gasteiger partial charge is 0.345 e. The van der Waals surface area contributed by atoms with Gasteiger partial charge < -0.3 is 4.90 Å². The number of aromatic nitrogens is 3. The van der Waals surface area contributed by atoms with Crippen LogP contribution in [0.3, 0.4) is 0 Å². The van der Waals surface area contributed by atoms with Gasteiger partial charge in [0.2, 0.25) is 0 Å². The minimum absolute atomic E-state index is 0.0416. The SMILES string of the molecule is CN(C)C(=O)c1cccc(-c2ccc3nc(-c4ccccc4)n(-c4ccc(C5(NCl)CCC5)cc4)c3n2)c1. The highest BCUT2D eigenvalue weighted by molar-refractivity contribution is 6.14. The first-order chi connectivity index (χ1) is 18.5. The summed E-state index contributed by atoms with van der Waals surface area (Å²) in [5, 5.41) is 0. The Morgan fingerprint density at radius 1 is 0.895 bits per heavy atom. The third-order valence-electron chi connectivity index (χ3n) is 7.41. The third-order valence-corrected chi connectivity index (χ3v) is 7.78. The van der Waals surface area contributed by atoms with Gasteiger partial charge in [0, 0.05) is 36.5 Å². The molecule has 0 saturated heterocycles. The highest BCUT2D eigenvalue weighted by Crippen LogP contribution is 2.42. The number of carbonyl (C=O) groups is 1. The number of rotatable bonds is 6. The molecule has 2 aromatic heterocycles. The Balaban J connectivity index is 1.50. The molecule has 5 aromatic rings. The summed E-state index contributed by atoms with van der Waals surface area (Å²) >= 11 is 6.14. The average Bonchev–Trinajstić information content (AvgIpc) is 3.32. The van der Waals surface area contributed by atoms with Gasteiger partial charge in [0.25, 0.3) is 5.91 Å². The van der Waals surface area contributed by atoms with Crippen LogP contribution >= 0.6 is 11.8 Å². The molecule has 2 heterocycles. The standard InChI is InChI=1S/C31H28ClN5O/c1-36(2)30(38)23-11-6-10-22(20-23)26-16-17-27-29(33-26)37(28(34-27)21-8-4-3-5-9-21)25-14-12-24(13-15-25)31(35-32)18-7-19-31/h3-6,8-17,20,35H,7,18-19H2,1-2H3. The number of halogens is 1. The fraction of sp³-hybridized carbons (Fsp3) is 0.194. The lowest BCUT2D eigenvalue weighted by atomic mass is 9.73. The van der Waals surface area contributed by atoms with Crippen LogP contribution in [0.15, 0.2) is 91.0 Å². The molecular formula is C31H28ClN5O. The molecule has 6 nitrogen and oxygen atoms in total.